The maximum atomic E-state index is 6.07. The molecule has 1 atom stereocenters. The zero-order valence-electron chi connectivity index (χ0n) is 12.2. The van der Waals surface area contributed by atoms with Gasteiger partial charge >= 0.3 is 0 Å². The molecule has 0 aliphatic heterocycles. The van der Waals surface area contributed by atoms with Crippen LogP contribution < -0.4 is 11.1 Å². The number of benzene rings is 1. The van der Waals surface area contributed by atoms with E-state index in [4.69, 9.17) is 10.7 Å². The Bertz CT molecular complexity index is 762. The number of anilines is 1. The van der Waals surface area contributed by atoms with Gasteiger partial charge in [-0.25, -0.2) is 4.98 Å². The molecule has 3 N–H and O–H groups in total. The summed E-state index contributed by atoms with van der Waals surface area (Å²) >= 11 is 0. The fourth-order valence-electron chi connectivity index (χ4n) is 2.65. The van der Waals surface area contributed by atoms with Crippen LogP contribution in [0.15, 0.2) is 48.7 Å². The molecule has 0 spiro atoms. The number of aromatic nitrogens is 2. The largest absolute Gasteiger partial charge is 0.383 e. The molecule has 0 fully saturated rings. The molecule has 4 heteroatoms. The van der Waals surface area contributed by atoms with E-state index in [9.17, 15) is 0 Å². The number of hydrogen-bond acceptors (Lipinski definition) is 4. The third-order valence-corrected chi connectivity index (χ3v) is 3.73. The first-order valence-electron chi connectivity index (χ1n) is 6.94. The average Bonchev–Trinajstić information content (AvgIpc) is 2.50. The van der Waals surface area contributed by atoms with E-state index in [-0.39, 0.29) is 6.04 Å². The van der Waals surface area contributed by atoms with Gasteiger partial charge in [-0.15, -0.1) is 0 Å². The lowest BCUT2D eigenvalue weighted by Crippen LogP contribution is -2.21. The number of pyridine rings is 2. The summed E-state index contributed by atoms with van der Waals surface area (Å²) in [5.74, 6) is 0.546. The molecule has 21 heavy (non-hydrogen) atoms. The minimum absolute atomic E-state index is 0.0664. The van der Waals surface area contributed by atoms with E-state index in [1.807, 2.05) is 44.3 Å². The van der Waals surface area contributed by atoms with Gasteiger partial charge in [0.25, 0.3) is 0 Å². The standard InChI is InChI=1S/C17H18N4/c1-11-9-10-20-17(18)15(11)16(19-2)14-8-7-12-5-3-4-6-13(12)21-14/h3-10,16,19H,1-2H3,(H2,18,20). The minimum atomic E-state index is -0.0664. The Balaban J connectivity index is 2.14. The van der Waals surface area contributed by atoms with E-state index in [2.05, 4.69) is 22.4 Å². The summed E-state index contributed by atoms with van der Waals surface area (Å²) in [6, 6.07) is 14.1. The lowest BCUT2D eigenvalue weighted by molar-refractivity contribution is 0.669. The van der Waals surface area contributed by atoms with Crippen LogP contribution in [0, 0.1) is 6.92 Å². The Morgan fingerprint density at radius 1 is 1.10 bits per heavy atom. The Kier molecular flexibility index (Phi) is 3.54. The first kappa shape index (κ1) is 13.5. The highest BCUT2D eigenvalue weighted by Crippen LogP contribution is 2.28. The van der Waals surface area contributed by atoms with Gasteiger partial charge in [0.15, 0.2) is 0 Å². The molecule has 3 rings (SSSR count). The monoisotopic (exact) mass is 278 g/mol. The van der Waals surface area contributed by atoms with Crippen molar-refractivity contribution in [1.29, 1.82) is 0 Å². The second-order valence-electron chi connectivity index (χ2n) is 5.08. The number of aryl methyl sites for hydroxylation is 1. The number of rotatable bonds is 3. The lowest BCUT2D eigenvalue weighted by atomic mass is 9.99. The second kappa shape index (κ2) is 5.50. The fourth-order valence-corrected chi connectivity index (χ4v) is 2.65. The third-order valence-electron chi connectivity index (χ3n) is 3.73. The van der Waals surface area contributed by atoms with Crippen LogP contribution in [-0.4, -0.2) is 17.0 Å². The molecule has 1 aromatic carbocycles. The Labute approximate surface area is 124 Å². The van der Waals surface area contributed by atoms with Crippen molar-refractivity contribution < 1.29 is 0 Å². The minimum Gasteiger partial charge on any atom is -0.383 e. The van der Waals surface area contributed by atoms with Crippen molar-refractivity contribution in [2.24, 2.45) is 0 Å². The second-order valence-corrected chi connectivity index (χ2v) is 5.08. The van der Waals surface area contributed by atoms with E-state index < -0.39 is 0 Å². The van der Waals surface area contributed by atoms with E-state index in [0.29, 0.717) is 5.82 Å². The van der Waals surface area contributed by atoms with Crippen LogP contribution in [0.3, 0.4) is 0 Å². The smallest absolute Gasteiger partial charge is 0.128 e. The highest BCUT2D eigenvalue weighted by molar-refractivity contribution is 5.78. The molecule has 2 aromatic heterocycles. The summed E-state index contributed by atoms with van der Waals surface area (Å²) in [7, 11) is 1.91. The Morgan fingerprint density at radius 2 is 1.90 bits per heavy atom. The SMILES string of the molecule is CNC(c1ccc2ccccc2n1)c1c(C)ccnc1N. The van der Waals surface area contributed by atoms with Gasteiger partial charge in [0, 0.05) is 17.1 Å². The summed E-state index contributed by atoms with van der Waals surface area (Å²) in [6.07, 6.45) is 1.73. The number of fused-ring (bicyclic) bond motifs is 1. The molecule has 4 nitrogen and oxygen atoms in total. The summed E-state index contributed by atoms with van der Waals surface area (Å²) < 4.78 is 0. The first-order chi connectivity index (χ1) is 10.2. The van der Waals surface area contributed by atoms with Gasteiger partial charge in [-0.1, -0.05) is 24.3 Å². The summed E-state index contributed by atoms with van der Waals surface area (Å²) in [6.45, 7) is 2.04. The van der Waals surface area contributed by atoms with Crippen molar-refractivity contribution in [3.05, 3.63) is 65.5 Å². The maximum Gasteiger partial charge on any atom is 0.128 e. The van der Waals surface area contributed by atoms with Crippen molar-refractivity contribution in [1.82, 2.24) is 15.3 Å². The van der Waals surface area contributed by atoms with Crippen LogP contribution >= 0.6 is 0 Å². The van der Waals surface area contributed by atoms with Crippen LogP contribution in [0.4, 0.5) is 5.82 Å². The number of para-hydroxylation sites is 1. The number of nitrogens with one attached hydrogen (secondary N) is 1. The number of hydrogen-bond donors (Lipinski definition) is 2. The fraction of sp³-hybridized carbons (Fsp3) is 0.176. The van der Waals surface area contributed by atoms with Gasteiger partial charge in [-0.05, 0) is 37.7 Å². The van der Waals surface area contributed by atoms with E-state index in [1.54, 1.807) is 6.20 Å². The van der Waals surface area contributed by atoms with Crippen molar-refractivity contribution in [3.8, 4) is 0 Å². The molecule has 2 heterocycles. The Morgan fingerprint density at radius 3 is 2.67 bits per heavy atom. The van der Waals surface area contributed by atoms with Crippen molar-refractivity contribution >= 4 is 16.7 Å². The highest BCUT2D eigenvalue weighted by Gasteiger charge is 2.19. The normalized spacial score (nSPS) is 12.5. The molecule has 0 amide bonds. The number of nitrogens with two attached hydrogens (primary N) is 1. The predicted octanol–water partition coefficient (Wildman–Crippen LogP) is 2.83. The van der Waals surface area contributed by atoms with Crippen LogP contribution in [0.25, 0.3) is 10.9 Å². The highest BCUT2D eigenvalue weighted by atomic mass is 14.9. The van der Waals surface area contributed by atoms with Crippen molar-refractivity contribution in [2.75, 3.05) is 12.8 Å². The van der Waals surface area contributed by atoms with Gasteiger partial charge in [0.2, 0.25) is 0 Å². The molecule has 0 radical (unpaired) electrons. The molecule has 0 saturated carbocycles. The Hall–Kier alpha value is -2.46. The maximum absolute atomic E-state index is 6.07. The van der Waals surface area contributed by atoms with E-state index >= 15 is 0 Å². The van der Waals surface area contributed by atoms with Gasteiger partial charge in [-0.2, -0.15) is 0 Å². The van der Waals surface area contributed by atoms with Crippen LogP contribution in [0.2, 0.25) is 0 Å². The zero-order valence-corrected chi connectivity index (χ0v) is 12.2. The average molecular weight is 278 g/mol. The molecule has 3 aromatic rings. The molecular formula is C17H18N4. The van der Waals surface area contributed by atoms with Crippen LogP contribution in [-0.2, 0) is 0 Å². The van der Waals surface area contributed by atoms with Gasteiger partial charge in [-0.3, -0.25) is 4.98 Å². The molecule has 0 aliphatic carbocycles. The van der Waals surface area contributed by atoms with Crippen molar-refractivity contribution in [2.45, 2.75) is 13.0 Å². The molecular weight excluding hydrogens is 260 g/mol. The molecule has 1 unspecified atom stereocenters. The van der Waals surface area contributed by atoms with Gasteiger partial charge < -0.3 is 11.1 Å². The number of nitrogens with zero attached hydrogens (tertiary/aromatic N) is 2. The van der Waals surface area contributed by atoms with Crippen LogP contribution in [0.5, 0.6) is 0 Å². The topological polar surface area (TPSA) is 63.8 Å². The molecule has 0 aliphatic rings. The van der Waals surface area contributed by atoms with Crippen molar-refractivity contribution in [3.63, 3.8) is 0 Å². The summed E-state index contributed by atoms with van der Waals surface area (Å²) in [5, 5.41) is 4.43. The molecule has 106 valence electrons. The lowest BCUT2D eigenvalue weighted by Gasteiger charge is -2.20. The quantitative estimate of drug-likeness (QED) is 0.773. The van der Waals surface area contributed by atoms with E-state index in [1.165, 1.54) is 0 Å². The zero-order chi connectivity index (χ0) is 14.8. The van der Waals surface area contributed by atoms with Crippen LogP contribution in [0.1, 0.15) is 22.9 Å². The first-order valence-corrected chi connectivity index (χ1v) is 6.94. The van der Waals surface area contributed by atoms with Gasteiger partial charge in [0.1, 0.15) is 5.82 Å². The number of nitrogen functional groups attached to an aromatic ring is 1. The van der Waals surface area contributed by atoms with Gasteiger partial charge in [0.05, 0.1) is 17.3 Å². The summed E-state index contributed by atoms with van der Waals surface area (Å²) in [5.41, 5.74) is 10.1. The molecule has 0 saturated heterocycles. The molecule has 0 bridgehead atoms. The summed E-state index contributed by atoms with van der Waals surface area (Å²) in [4.78, 5) is 8.97. The van der Waals surface area contributed by atoms with E-state index in [0.717, 1.165) is 27.7 Å². The third kappa shape index (κ3) is 2.45. The predicted molar refractivity (Wildman–Crippen MR) is 86.0 cm³/mol.